The predicted octanol–water partition coefficient (Wildman–Crippen LogP) is 1.96. The van der Waals surface area contributed by atoms with Crippen LogP contribution in [0, 0.1) is 0 Å². The number of hydrogen-bond acceptors (Lipinski definition) is 3. The molecule has 2 rings (SSSR count). The van der Waals surface area contributed by atoms with Crippen LogP contribution in [0.4, 0.5) is 0 Å². The number of carbonyl (C=O) groups is 1. The number of aromatic nitrogens is 1. The second kappa shape index (κ2) is 3.01. The third-order valence-electron chi connectivity index (χ3n) is 1.88. The Labute approximate surface area is 75.4 Å². The molecular formula is C10H9NO2. The van der Waals surface area contributed by atoms with Crippen LogP contribution in [0.2, 0.25) is 0 Å². The largest absolute Gasteiger partial charge is 0.443 e. The van der Waals surface area contributed by atoms with Crippen molar-refractivity contribution in [3.05, 3.63) is 30.2 Å². The topological polar surface area (TPSA) is 43.1 Å². The standard InChI is InChI=1S/C10H9NO2/c1-7(12)5-8-3-2-4-9-10(8)13-6-11-9/h2-4,6H,5H2,1H3. The number of rotatable bonds is 2. The molecule has 0 radical (unpaired) electrons. The Bertz CT molecular complexity index is 445. The number of hydrogen-bond donors (Lipinski definition) is 0. The average Bonchev–Trinajstić information content (AvgIpc) is 2.51. The Kier molecular flexibility index (Phi) is 1.85. The van der Waals surface area contributed by atoms with Crippen LogP contribution in [-0.4, -0.2) is 10.8 Å². The molecule has 66 valence electrons. The van der Waals surface area contributed by atoms with E-state index in [0.717, 1.165) is 16.7 Å². The molecule has 0 unspecified atom stereocenters. The Morgan fingerprint density at radius 2 is 2.38 bits per heavy atom. The van der Waals surface area contributed by atoms with Crippen LogP contribution in [0.25, 0.3) is 11.1 Å². The highest BCUT2D eigenvalue weighted by atomic mass is 16.3. The van der Waals surface area contributed by atoms with Gasteiger partial charge in [0.2, 0.25) is 0 Å². The summed E-state index contributed by atoms with van der Waals surface area (Å²) in [7, 11) is 0. The van der Waals surface area contributed by atoms with Gasteiger partial charge in [-0.3, -0.25) is 4.79 Å². The lowest BCUT2D eigenvalue weighted by molar-refractivity contribution is -0.116. The maximum atomic E-state index is 10.9. The SMILES string of the molecule is CC(=O)Cc1cccc2ncoc12. The molecule has 0 saturated carbocycles. The number of Topliss-reactive ketones (excluding diaryl/α,β-unsaturated/α-hetero) is 1. The van der Waals surface area contributed by atoms with Crippen LogP contribution in [0.1, 0.15) is 12.5 Å². The minimum absolute atomic E-state index is 0.129. The van der Waals surface area contributed by atoms with E-state index in [2.05, 4.69) is 4.98 Å². The molecule has 0 aliphatic rings. The van der Waals surface area contributed by atoms with Gasteiger partial charge < -0.3 is 4.42 Å². The van der Waals surface area contributed by atoms with Gasteiger partial charge in [0.1, 0.15) is 11.3 Å². The summed E-state index contributed by atoms with van der Waals surface area (Å²) < 4.78 is 5.19. The number of para-hydroxylation sites is 1. The predicted molar refractivity (Wildman–Crippen MR) is 48.4 cm³/mol. The van der Waals surface area contributed by atoms with Crippen LogP contribution >= 0.6 is 0 Å². The first kappa shape index (κ1) is 7.98. The van der Waals surface area contributed by atoms with E-state index in [9.17, 15) is 4.79 Å². The molecule has 0 aliphatic heterocycles. The van der Waals surface area contributed by atoms with Gasteiger partial charge in [-0.1, -0.05) is 12.1 Å². The molecule has 0 atom stereocenters. The van der Waals surface area contributed by atoms with E-state index in [1.807, 2.05) is 18.2 Å². The van der Waals surface area contributed by atoms with Crippen molar-refractivity contribution in [2.75, 3.05) is 0 Å². The monoisotopic (exact) mass is 175 g/mol. The lowest BCUT2D eigenvalue weighted by Gasteiger charge is -1.96. The van der Waals surface area contributed by atoms with Crippen molar-refractivity contribution in [3.63, 3.8) is 0 Å². The molecule has 0 bridgehead atoms. The molecule has 1 aromatic heterocycles. The fourth-order valence-corrected chi connectivity index (χ4v) is 1.35. The number of benzene rings is 1. The first-order valence-electron chi connectivity index (χ1n) is 4.08. The van der Waals surface area contributed by atoms with Gasteiger partial charge in [-0.05, 0) is 13.0 Å². The van der Waals surface area contributed by atoms with Gasteiger partial charge >= 0.3 is 0 Å². The van der Waals surface area contributed by atoms with Crippen molar-refractivity contribution in [3.8, 4) is 0 Å². The van der Waals surface area contributed by atoms with Crippen LogP contribution in [0.3, 0.4) is 0 Å². The smallest absolute Gasteiger partial charge is 0.181 e. The molecule has 0 aliphatic carbocycles. The van der Waals surface area contributed by atoms with Crippen LogP contribution < -0.4 is 0 Å². The number of fused-ring (bicyclic) bond motifs is 1. The van der Waals surface area contributed by atoms with Gasteiger partial charge in [-0.2, -0.15) is 0 Å². The van der Waals surface area contributed by atoms with E-state index in [0.29, 0.717) is 6.42 Å². The zero-order valence-corrected chi connectivity index (χ0v) is 7.28. The van der Waals surface area contributed by atoms with Crippen molar-refractivity contribution >= 4 is 16.9 Å². The summed E-state index contributed by atoms with van der Waals surface area (Å²) in [6.45, 7) is 1.56. The highest BCUT2D eigenvalue weighted by molar-refractivity contribution is 5.84. The van der Waals surface area contributed by atoms with E-state index >= 15 is 0 Å². The number of ketones is 1. The quantitative estimate of drug-likeness (QED) is 0.700. The first-order valence-corrected chi connectivity index (χ1v) is 4.08. The van der Waals surface area contributed by atoms with Gasteiger partial charge in [0.15, 0.2) is 12.0 Å². The molecule has 0 fully saturated rings. The third-order valence-corrected chi connectivity index (χ3v) is 1.88. The number of carbonyl (C=O) groups excluding carboxylic acids is 1. The minimum Gasteiger partial charge on any atom is -0.443 e. The van der Waals surface area contributed by atoms with E-state index in [1.165, 1.54) is 6.39 Å². The number of oxazole rings is 1. The van der Waals surface area contributed by atoms with Crippen LogP contribution in [0.15, 0.2) is 29.0 Å². The normalized spacial score (nSPS) is 10.5. The molecule has 2 aromatic rings. The van der Waals surface area contributed by atoms with E-state index < -0.39 is 0 Å². The van der Waals surface area contributed by atoms with Crippen LogP contribution in [0.5, 0.6) is 0 Å². The van der Waals surface area contributed by atoms with Crippen LogP contribution in [-0.2, 0) is 11.2 Å². The van der Waals surface area contributed by atoms with Gasteiger partial charge in [-0.25, -0.2) is 4.98 Å². The first-order chi connectivity index (χ1) is 6.27. The van der Waals surface area contributed by atoms with Crippen molar-refractivity contribution in [1.29, 1.82) is 0 Å². The maximum Gasteiger partial charge on any atom is 0.181 e. The summed E-state index contributed by atoms with van der Waals surface area (Å²) >= 11 is 0. The van der Waals surface area contributed by atoms with Gasteiger partial charge in [0.25, 0.3) is 0 Å². The number of nitrogens with zero attached hydrogens (tertiary/aromatic N) is 1. The van der Waals surface area contributed by atoms with Gasteiger partial charge in [0.05, 0.1) is 0 Å². The summed E-state index contributed by atoms with van der Waals surface area (Å²) in [6, 6.07) is 5.63. The Morgan fingerprint density at radius 1 is 1.54 bits per heavy atom. The zero-order valence-electron chi connectivity index (χ0n) is 7.28. The molecule has 3 heteroatoms. The Hall–Kier alpha value is -1.64. The lowest BCUT2D eigenvalue weighted by Crippen LogP contribution is -1.96. The van der Waals surface area contributed by atoms with Gasteiger partial charge in [0, 0.05) is 12.0 Å². The molecule has 0 spiro atoms. The second-order valence-electron chi connectivity index (χ2n) is 3.00. The fourth-order valence-electron chi connectivity index (χ4n) is 1.35. The van der Waals surface area contributed by atoms with E-state index in [4.69, 9.17) is 4.42 Å². The summed E-state index contributed by atoms with van der Waals surface area (Å²) in [5.74, 6) is 0.129. The Balaban J connectivity index is 2.54. The van der Waals surface area contributed by atoms with Crippen molar-refractivity contribution < 1.29 is 9.21 Å². The minimum atomic E-state index is 0.129. The summed E-state index contributed by atoms with van der Waals surface area (Å²) in [4.78, 5) is 14.9. The molecule has 3 nitrogen and oxygen atoms in total. The lowest BCUT2D eigenvalue weighted by atomic mass is 10.1. The van der Waals surface area contributed by atoms with Crippen molar-refractivity contribution in [1.82, 2.24) is 4.98 Å². The molecule has 0 saturated heterocycles. The highest BCUT2D eigenvalue weighted by Crippen LogP contribution is 2.17. The Morgan fingerprint density at radius 3 is 3.15 bits per heavy atom. The summed E-state index contributed by atoms with van der Waals surface area (Å²) in [6.07, 6.45) is 1.81. The highest BCUT2D eigenvalue weighted by Gasteiger charge is 2.06. The average molecular weight is 175 g/mol. The molecule has 0 amide bonds. The third kappa shape index (κ3) is 1.45. The second-order valence-corrected chi connectivity index (χ2v) is 3.00. The fraction of sp³-hybridized carbons (Fsp3) is 0.200. The van der Waals surface area contributed by atoms with E-state index in [1.54, 1.807) is 6.92 Å². The molecular weight excluding hydrogens is 166 g/mol. The molecule has 1 aromatic carbocycles. The van der Waals surface area contributed by atoms with Crippen molar-refractivity contribution in [2.24, 2.45) is 0 Å². The molecule has 0 N–H and O–H groups in total. The maximum absolute atomic E-state index is 10.9. The van der Waals surface area contributed by atoms with Gasteiger partial charge in [-0.15, -0.1) is 0 Å². The van der Waals surface area contributed by atoms with Crippen molar-refractivity contribution in [2.45, 2.75) is 13.3 Å². The summed E-state index contributed by atoms with van der Waals surface area (Å²) in [5.41, 5.74) is 2.43. The molecule has 13 heavy (non-hydrogen) atoms. The zero-order chi connectivity index (χ0) is 9.26. The molecule has 1 heterocycles. The summed E-state index contributed by atoms with van der Waals surface area (Å²) in [5, 5.41) is 0. The van der Waals surface area contributed by atoms with E-state index in [-0.39, 0.29) is 5.78 Å².